The molecule has 0 aliphatic carbocycles. The quantitative estimate of drug-likeness (QED) is 0.906. The average Bonchev–Trinajstić information content (AvgIpc) is 2.76. The lowest BCUT2D eigenvalue weighted by molar-refractivity contribution is 0.600. The molecule has 0 aromatic carbocycles. The van der Waals surface area contributed by atoms with Crippen LogP contribution in [0.2, 0.25) is 0 Å². The summed E-state index contributed by atoms with van der Waals surface area (Å²) >= 11 is 0. The summed E-state index contributed by atoms with van der Waals surface area (Å²) in [6.07, 6.45) is 1.35. The van der Waals surface area contributed by atoms with Crippen LogP contribution in [0.5, 0.6) is 0 Å². The van der Waals surface area contributed by atoms with Crippen LogP contribution in [-0.4, -0.2) is 28.0 Å². The molecule has 0 amide bonds. The summed E-state index contributed by atoms with van der Waals surface area (Å²) in [6.45, 7) is 5.29. The van der Waals surface area contributed by atoms with Crippen molar-refractivity contribution in [3.8, 4) is 0 Å². The van der Waals surface area contributed by atoms with E-state index in [0.29, 0.717) is 17.1 Å². The largest absolute Gasteiger partial charge is 0.276 e. The van der Waals surface area contributed by atoms with Crippen LogP contribution in [0.25, 0.3) is 0 Å². The fourth-order valence-corrected chi connectivity index (χ4v) is 3.23. The van der Waals surface area contributed by atoms with Crippen molar-refractivity contribution in [2.75, 3.05) is 4.72 Å². The van der Waals surface area contributed by atoms with E-state index in [1.165, 1.54) is 10.9 Å². The lowest BCUT2D eigenvalue weighted by Crippen LogP contribution is -2.15. The van der Waals surface area contributed by atoms with Crippen LogP contribution in [-0.2, 0) is 24.1 Å². The van der Waals surface area contributed by atoms with Crippen molar-refractivity contribution in [1.82, 2.24) is 19.6 Å². The summed E-state index contributed by atoms with van der Waals surface area (Å²) in [5, 5.41) is 8.14. The van der Waals surface area contributed by atoms with Gasteiger partial charge in [0.1, 0.15) is 4.90 Å². The molecule has 0 bridgehead atoms. The van der Waals surface area contributed by atoms with Crippen LogP contribution < -0.4 is 4.72 Å². The molecule has 2 heterocycles. The summed E-state index contributed by atoms with van der Waals surface area (Å²) in [5.74, 6) is 0. The third kappa shape index (κ3) is 2.23. The summed E-state index contributed by atoms with van der Waals surface area (Å²) in [6, 6.07) is 0. The van der Waals surface area contributed by atoms with Gasteiger partial charge in [-0.2, -0.15) is 10.2 Å². The second-order valence-electron chi connectivity index (χ2n) is 4.49. The Morgan fingerprint density at radius 1 is 1.11 bits per heavy atom. The lowest BCUT2D eigenvalue weighted by atomic mass is 10.3. The summed E-state index contributed by atoms with van der Waals surface area (Å²) in [7, 11) is -0.165. The second-order valence-corrected chi connectivity index (χ2v) is 6.14. The van der Waals surface area contributed by atoms with Crippen molar-refractivity contribution >= 4 is 15.7 Å². The third-order valence-electron chi connectivity index (χ3n) is 3.23. The number of aryl methyl sites for hydroxylation is 3. The number of aromatic nitrogens is 4. The van der Waals surface area contributed by atoms with Gasteiger partial charge in [0.25, 0.3) is 10.0 Å². The Hall–Kier alpha value is -1.83. The molecule has 0 saturated heterocycles. The van der Waals surface area contributed by atoms with Crippen molar-refractivity contribution in [3.05, 3.63) is 23.3 Å². The Morgan fingerprint density at radius 3 is 2.16 bits per heavy atom. The first kappa shape index (κ1) is 13.6. The Balaban J connectivity index is 2.45. The van der Waals surface area contributed by atoms with E-state index in [1.807, 2.05) is 6.92 Å². The maximum atomic E-state index is 12.3. The lowest BCUT2D eigenvalue weighted by Gasteiger charge is -2.07. The predicted molar refractivity (Wildman–Crippen MR) is 71.4 cm³/mol. The van der Waals surface area contributed by atoms with Gasteiger partial charge >= 0.3 is 0 Å². The van der Waals surface area contributed by atoms with Gasteiger partial charge in [-0.1, -0.05) is 0 Å². The minimum absolute atomic E-state index is 0.178. The molecule has 0 radical (unpaired) electrons. The van der Waals surface area contributed by atoms with Gasteiger partial charge in [0.05, 0.1) is 29.0 Å². The number of hydrogen-bond donors (Lipinski definition) is 1. The molecule has 8 heteroatoms. The Labute approximate surface area is 112 Å². The molecule has 7 nitrogen and oxygen atoms in total. The van der Waals surface area contributed by atoms with E-state index in [4.69, 9.17) is 0 Å². The highest BCUT2D eigenvalue weighted by atomic mass is 32.2. The number of hydrogen-bond acceptors (Lipinski definition) is 4. The van der Waals surface area contributed by atoms with Gasteiger partial charge in [0, 0.05) is 14.1 Å². The number of nitrogens with zero attached hydrogens (tertiary/aromatic N) is 4. The molecule has 2 aromatic heterocycles. The highest BCUT2D eigenvalue weighted by molar-refractivity contribution is 7.92. The van der Waals surface area contributed by atoms with Crippen LogP contribution in [0.15, 0.2) is 11.1 Å². The molecule has 0 fully saturated rings. The van der Waals surface area contributed by atoms with E-state index in [1.54, 1.807) is 32.6 Å². The van der Waals surface area contributed by atoms with E-state index >= 15 is 0 Å². The van der Waals surface area contributed by atoms with E-state index in [0.717, 1.165) is 5.69 Å². The van der Waals surface area contributed by atoms with Crippen LogP contribution in [0.4, 0.5) is 5.69 Å². The van der Waals surface area contributed by atoms with Crippen molar-refractivity contribution in [1.29, 1.82) is 0 Å². The Bertz CT molecular complexity index is 727. The van der Waals surface area contributed by atoms with E-state index in [2.05, 4.69) is 14.9 Å². The first-order chi connectivity index (χ1) is 8.74. The molecule has 2 rings (SSSR count). The highest BCUT2D eigenvalue weighted by Crippen LogP contribution is 2.23. The monoisotopic (exact) mass is 283 g/mol. The van der Waals surface area contributed by atoms with E-state index < -0.39 is 10.0 Å². The topological polar surface area (TPSA) is 81.8 Å². The molecule has 1 N–H and O–H groups in total. The number of nitrogens with one attached hydrogen (secondary N) is 1. The van der Waals surface area contributed by atoms with Crippen molar-refractivity contribution in [2.45, 2.75) is 25.7 Å². The number of sulfonamides is 1. The molecule has 0 atom stereocenters. The molecule has 0 saturated carbocycles. The summed E-state index contributed by atoms with van der Waals surface area (Å²) in [4.78, 5) is 0.178. The second kappa shape index (κ2) is 4.37. The first-order valence-electron chi connectivity index (χ1n) is 5.75. The van der Waals surface area contributed by atoms with Crippen LogP contribution >= 0.6 is 0 Å². The van der Waals surface area contributed by atoms with Gasteiger partial charge in [-0.25, -0.2) is 8.42 Å². The highest BCUT2D eigenvalue weighted by Gasteiger charge is 2.23. The minimum Gasteiger partial charge on any atom is -0.276 e. The molecule has 0 aliphatic heterocycles. The Kier molecular flexibility index (Phi) is 3.13. The van der Waals surface area contributed by atoms with Crippen molar-refractivity contribution in [3.63, 3.8) is 0 Å². The molecule has 19 heavy (non-hydrogen) atoms. The zero-order valence-corrected chi connectivity index (χ0v) is 12.4. The summed E-state index contributed by atoms with van der Waals surface area (Å²) < 4.78 is 30.4. The van der Waals surface area contributed by atoms with Crippen LogP contribution in [0.3, 0.4) is 0 Å². The minimum atomic E-state index is -3.64. The molecular formula is C11H17N5O2S. The van der Waals surface area contributed by atoms with Gasteiger partial charge < -0.3 is 0 Å². The number of rotatable bonds is 3. The molecule has 2 aromatic rings. The van der Waals surface area contributed by atoms with Crippen molar-refractivity contribution in [2.24, 2.45) is 14.1 Å². The van der Waals surface area contributed by atoms with Crippen LogP contribution in [0.1, 0.15) is 17.1 Å². The van der Waals surface area contributed by atoms with Gasteiger partial charge in [-0.15, -0.1) is 0 Å². The third-order valence-corrected chi connectivity index (χ3v) is 4.68. The van der Waals surface area contributed by atoms with E-state index in [-0.39, 0.29) is 4.90 Å². The van der Waals surface area contributed by atoms with Crippen molar-refractivity contribution < 1.29 is 8.42 Å². The molecule has 0 unspecified atom stereocenters. The Morgan fingerprint density at radius 2 is 1.74 bits per heavy atom. The van der Waals surface area contributed by atoms with Gasteiger partial charge in [-0.3, -0.25) is 14.1 Å². The number of anilines is 1. The molecule has 104 valence electrons. The predicted octanol–water partition coefficient (Wildman–Crippen LogP) is 0.880. The summed E-state index contributed by atoms with van der Waals surface area (Å²) in [5.41, 5.74) is 2.52. The fourth-order valence-electron chi connectivity index (χ4n) is 1.85. The first-order valence-corrected chi connectivity index (χ1v) is 7.24. The van der Waals surface area contributed by atoms with Gasteiger partial charge in [0.15, 0.2) is 0 Å². The maximum absolute atomic E-state index is 12.3. The zero-order valence-electron chi connectivity index (χ0n) is 11.6. The average molecular weight is 283 g/mol. The van der Waals surface area contributed by atoms with E-state index in [9.17, 15) is 8.42 Å². The molecule has 0 spiro atoms. The fraction of sp³-hybridized carbons (Fsp3) is 0.455. The SMILES string of the molecule is Cc1nn(C)c(C)c1NS(=O)(=O)c1cnn(C)c1C. The van der Waals surface area contributed by atoms with Gasteiger partial charge in [-0.05, 0) is 20.8 Å². The zero-order chi connectivity index (χ0) is 14.4. The van der Waals surface area contributed by atoms with Gasteiger partial charge in [0.2, 0.25) is 0 Å². The van der Waals surface area contributed by atoms with Crippen LogP contribution in [0, 0.1) is 20.8 Å². The smallest absolute Gasteiger partial charge is 0.265 e. The molecule has 0 aliphatic rings. The standard InChI is InChI=1S/C11H17N5O2S/c1-7-11(9(3)16(5)13-7)14-19(17,18)10-6-12-15(4)8(10)2/h6,14H,1-5H3. The maximum Gasteiger partial charge on any atom is 0.265 e. The normalized spacial score (nSPS) is 11.8. The molecular weight excluding hydrogens is 266 g/mol.